The Morgan fingerprint density at radius 1 is 1.50 bits per heavy atom. The lowest BCUT2D eigenvalue weighted by Gasteiger charge is -1.91. The summed E-state index contributed by atoms with van der Waals surface area (Å²) < 4.78 is 0. The Morgan fingerprint density at radius 2 is 2.33 bits per heavy atom. The summed E-state index contributed by atoms with van der Waals surface area (Å²) in [7, 11) is 0. The van der Waals surface area contributed by atoms with Crippen molar-refractivity contribution in [2.45, 2.75) is 0 Å². The van der Waals surface area contributed by atoms with E-state index in [-0.39, 0.29) is 0 Å². The molecule has 12 heavy (non-hydrogen) atoms. The summed E-state index contributed by atoms with van der Waals surface area (Å²) in [4.78, 5) is 17.3. The van der Waals surface area contributed by atoms with E-state index in [0.29, 0.717) is 10.6 Å². The summed E-state index contributed by atoms with van der Waals surface area (Å²) in [5.74, 6) is 0. The van der Waals surface area contributed by atoms with Gasteiger partial charge in [0.1, 0.15) is 0 Å². The van der Waals surface area contributed by atoms with Crippen LogP contribution in [0.25, 0.3) is 10.9 Å². The van der Waals surface area contributed by atoms with Crippen molar-refractivity contribution in [1.29, 1.82) is 0 Å². The average Bonchev–Trinajstić information content (AvgIpc) is 2.49. The van der Waals surface area contributed by atoms with E-state index in [2.05, 4.69) is 9.97 Å². The van der Waals surface area contributed by atoms with E-state index in [0.717, 1.165) is 17.2 Å². The summed E-state index contributed by atoms with van der Waals surface area (Å²) in [6, 6.07) is 0. The van der Waals surface area contributed by atoms with Gasteiger partial charge in [-0.05, 0) is 0 Å². The van der Waals surface area contributed by atoms with Crippen LogP contribution in [0.1, 0.15) is 10.4 Å². The highest BCUT2D eigenvalue weighted by atomic mass is 35.5. The van der Waals surface area contributed by atoms with E-state index < -0.39 is 0 Å². The van der Waals surface area contributed by atoms with Crippen molar-refractivity contribution in [3.8, 4) is 0 Å². The fourth-order valence-corrected chi connectivity index (χ4v) is 1.43. The average molecular weight is 181 g/mol. The third kappa shape index (κ3) is 0.905. The zero-order chi connectivity index (χ0) is 8.55. The highest BCUT2D eigenvalue weighted by molar-refractivity contribution is 6.36. The molecule has 0 aliphatic carbocycles. The molecule has 1 N–H and O–H groups in total. The van der Waals surface area contributed by atoms with E-state index in [1.54, 1.807) is 12.4 Å². The molecular formula is C8H5ClN2O. The first-order chi connectivity index (χ1) is 5.83. The quantitative estimate of drug-likeness (QED) is 0.683. The van der Waals surface area contributed by atoms with Crippen molar-refractivity contribution in [1.82, 2.24) is 9.97 Å². The molecule has 2 rings (SSSR count). The molecule has 0 amide bonds. The van der Waals surface area contributed by atoms with Gasteiger partial charge in [-0.15, -0.1) is 0 Å². The summed E-state index contributed by atoms with van der Waals surface area (Å²) in [6.07, 6.45) is 5.54. The SMILES string of the molecule is O=Cc1c[nH]c2cncc(Cl)c12. The Hall–Kier alpha value is -1.35. The maximum Gasteiger partial charge on any atom is 0.152 e. The molecule has 2 aromatic heterocycles. The Labute approximate surface area is 73.4 Å². The third-order valence-corrected chi connectivity index (χ3v) is 1.99. The lowest BCUT2D eigenvalue weighted by Crippen LogP contribution is -1.77. The number of nitrogens with zero attached hydrogens (tertiary/aromatic N) is 1. The number of carbonyl (C=O) groups is 1. The van der Waals surface area contributed by atoms with E-state index >= 15 is 0 Å². The minimum absolute atomic E-state index is 0.496. The van der Waals surface area contributed by atoms with E-state index in [1.807, 2.05) is 0 Å². The van der Waals surface area contributed by atoms with Crippen molar-refractivity contribution in [3.05, 3.63) is 29.2 Å². The summed E-state index contributed by atoms with van der Waals surface area (Å²) in [5, 5.41) is 1.23. The second kappa shape index (κ2) is 2.60. The molecule has 0 spiro atoms. The van der Waals surface area contributed by atoms with Crippen LogP contribution < -0.4 is 0 Å². The van der Waals surface area contributed by atoms with Crippen molar-refractivity contribution in [3.63, 3.8) is 0 Å². The maximum atomic E-state index is 10.5. The minimum atomic E-state index is 0.496. The standard InChI is InChI=1S/C8H5ClN2O/c9-6-2-10-3-7-8(6)5(4-12)1-11-7/h1-4,11H. The number of pyridine rings is 1. The number of aldehydes is 1. The van der Waals surface area contributed by atoms with Gasteiger partial charge in [-0.2, -0.15) is 0 Å². The Bertz CT molecular complexity index is 436. The number of rotatable bonds is 1. The highest BCUT2D eigenvalue weighted by Crippen LogP contribution is 2.23. The zero-order valence-corrected chi connectivity index (χ0v) is 6.80. The van der Waals surface area contributed by atoms with E-state index in [1.165, 1.54) is 6.20 Å². The molecule has 0 aliphatic heterocycles. The van der Waals surface area contributed by atoms with Crippen molar-refractivity contribution in [2.24, 2.45) is 0 Å². The maximum absolute atomic E-state index is 10.5. The van der Waals surface area contributed by atoms with Crippen LogP contribution in [0.15, 0.2) is 18.6 Å². The fraction of sp³-hybridized carbons (Fsp3) is 0. The normalized spacial score (nSPS) is 10.4. The van der Waals surface area contributed by atoms with Gasteiger partial charge in [0.15, 0.2) is 6.29 Å². The molecule has 0 bridgehead atoms. The van der Waals surface area contributed by atoms with Crippen LogP contribution in [0.5, 0.6) is 0 Å². The predicted octanol–water partition coefficient (Wildman–Crippen LogP) is 2.03. The lowest BCUT2D eigenvalue weighted by atomic mass is 10.2. The number of H-pyrrole nitrogens is 1. The molecule has 0 aliphatic rings. The smallest absolute Gasteiger partial charge is 0.152 e. The van der Waals surface area contributed by atoms with Crippen LogP contribution >= 0.6 is 11.6 Å². The Kier molecular flexibility index (Phi) is 1.59. The molecule has 2 heterocycles. The fourth-order valence-electron chi connectivity index (χ4n) is 1.16. The first kappa shape index (κ1) is 7.31. The van der Waals surface area contributed by atoms with E-state index in [9.17, 15) is 4.79 Å². The number of aromatic amines is 1. The van der Waals surface area contributed by atoms with Gasteiger partial charge in [0, 0.05) is 23.3 Å². The molecule has 0 radical (unpaired) electrons. The molecule has 2 aromatic rings. The van der Waals surface area contributed by atoms with Crippen LogP contribution in [0.4, 0.5) is 0 Å². The number of hydrogen-bond donors (Lipinski definition) is 1. The van der Waals surface area contributed by atoms with Gasteiger partial charge in [-0.3, -0.25) is 9.78 Å². The minimum Gasteiger partial charge on any atom is -0.359 e. The molecular weight excluding hydrogens is 176 g/mol. The van der Waals surface area contributed by atoms with Crippen LogP contribution in [-0.4, -0.2) is 16.3 Å². The van der Waals surface area contributed by atoms with Crippen molar-refractivity contribution < 1.29 is 4.79 Å². The van der Waals surface area contributed by atoms with Gasteiger partial charge in [0.25, 0.3) is 0 Å². The number of fused-ring (bicyclic) bond motifs is 1. The lowest BCUT2D eigenvalue weighted by molar-refractivity contribution is 0.112. The van der Waals surface area contributed by atoms with Crippen LogP contribution in [0, 0.1) is 0 Å². The second-order valence-electron chi connectivity index (χ2n) is 2.41. The number of aromatic nitrogens is 2. The molecule has 60 valence electrons. The molecule has 0 saturated carbocycles. The second-order valence-corrected chi connectivity index (χ2v) is 2.81. The number of nitrogens with one attached hydrogen (secondary N) is 1. The van der Waals surface area contributed by atoms with Crippen molar-refractivity contribution >= 4 is 28.8 Å². The van der Waals surface area contributed by atoms with Gasteiger partial charge in [-0.1, -0.05) is 11.6 Å². The molecule has 4 heteroatoms. The van der Waals surface area contributed by atoms with Crippen LogP contribution in [0.3, 0.4) is 0 Å². The first-order valence-corrected chi connectivity index (χ1v) is 3.76. The summed E-state index contributed by atoms with van der Waals surface area (Å²) in [5.41, 5.74) is 1.35. The molecule has 3 nitrogen and oxygen atoms in total. The third-order valence-electron chi connectivity index (χ3n) is 1.70. The number of halogens is 1. The van der Waals surface area contributed by atoms with Crippen molar-refractivity contribution in [2.75, 3.05) is 0 Å². The topological polar surface area (TPSA) is 45.8 Å². The van der Waals surface area contributed by atoms with Gasteiger partial charge in [0.2, 0.25) is 0 Å². The van der Waals surface area contributed by atoms with Gasteiger partial charge < -0.3 is 4.98 Å². The monoisotopic (exact) mass is 180 g/mol. The van der Waals surface area contributed by atoms with Gasteiger partial charge in [-0.25, -0.2) is 0 Å². The number of carbonyl (C=O) groups excluding carboxylic acids is 1. The Morgan fingerprint density at radius 3 is 3.08 bits per heavy atom. The predicted molar refractivity (Wildman–Crippen MR) is 46.5 cm³/mol. The number of hydrogen-bond acceptors (Lipinski definition) is 2. The van der Waals surface area contributed by atoms with Crippen LogP contribution in [0.2, 0.25) is 5.02 Å². The first-order valence-electron chi connectivity index (χ1n) is 3.38. The van der Waals surface area contributed by atoms with E-state index in [4.69, 9.17) is 11.6 Å². The molecule has 0 aromatic carbocycles. The molecule has 0 unspecified atom stereocenters. The summed E-state index contributed by atoms with van der Waals surface area (Å²) in [6.45, 7) is 0. The van der Waals surface area contributed by atoms with Gasteiger partial charge in [0.05, 0.1) is 16.7 Å². The summed E-state index contributed by atoms with van der Waals surface area (Å²) >= 11 is 5.84. The highest BCUT2D eigenvalue weighted by Gasteiger charge is 2.05. The molecule has 0 fully saturated rings. The molecule has 0 saturated heterocycles. The molecule has 0 atom stereocenters. The zero-order valence-electron chi connectivity index (χ0n) is 6.04. The largest absolute Gasteiger partial charge is 0.359 e. The Balaban J connectivity index is 2.91. The van der Waals surface area contributed by atoms with Crippen LogP contribution in [-0.2, 0) is 0 Å². The van der Waals surface area contributed by atoms with Gasteiger partial charge >= 0.3 is 0 Å².